The molecule has 6 nitrogen and oxygen atoms in total. The number of rotatable bonds is 7. The summed E-state index contributed by atoms with van der Waals surface area (Å²) >= 11 is 0. The second kappa shape index (κ2) is 9.71. The zero-order valence-corrected chi connectivity index (χ0v) is 17.3. The average molecular weight is 415 g/mol. The van der Waals surface area contributed by atoms with Gasteiger partial charge in [0.2, 0.25) is 15.9 Å². The van der Waals surface area contributed by atoms with Crippen molar-refractivity contribution in [3.05, 3.63) is 65.6 Å². The highest BCUT2D eigenvalue weighted by Gasteiger charge is 2.30. The SMILES string of the molecule is CCOc1ccccc1NC(=O)C1CCN(S(=O)(=O)/C=C/c2ccccc2)CC1. The Bertz CT molecular complexity index is 950. The number of ether oxygens (including phenoxy) is 1. The first-order chi connectivity index (χ1) is 14.0. The molecular formula is C22H26N2O4S. The third kappa shape index (κ3) is 5.68. The monoisotopic (exact) mass is 414 g/mol. The van der Waals surface area contributed by atoms with Gasteiger partial charge >= 0.3 is 0 Å². The van der Waals surface area contributed by atoms with Crippen molar-refractivity contribution < 1.29 is 17.9 Å². The Morgan fingerprint density at radius 3 is 2.45 bits per heavy atom. The number of hydrogen-bond donors (Lipinski definition) is 1. The highest BCUT2D eigenvalue weighted by Crippen LogP contribution is 2.27. The van der Waals surface area contributed by atoms with Gasteiger partial charge < -0.3 is 10.1 Å². The molecule has 0 saturated carbocycles. The summed E-state index contributed by atoms with van der Waals surface area (Å²) in [4.78, 5) is 12.6. The molecule has 1 N–H and O–H groups in total. The number of benzene rings is 2. The van der Waals surface area contributed by atoms with Crippen molar-refractivity contribution in [2.45, 2.75) is 19.8 Å². The third-order valence-electron chi connectivity index (χ3n) is 4.86. The minimum absolute atomic E-state index is 0.103. The molecular weight excluding hydrogens is 388 g/mol. The first kappa shape index (κ1) is 21.1. The van der Waals surface area contributed by atoms with Crippen LogP contribution in [0.15, 0.2) is 60.0 Å². The molecule has 1 amide bonds. The average Bonchev–Trinajstić information content (AvgIpc) is 2.75. The molecule has 0 aromatic heterocycles. The molecule has 0 spiro atoms. The van der Waals surface area contributed by atoms with Crippen LogP contribution >= 0.6 is 0 Å². The van der Waals surface area contributed by atoms with Gasteiger partial charge in [0.05, 0.1) is 12.3 Å². The summed E-state index contributed by atoms with van der Waals surface area (Å²) in [5.41, 5.74) is 1.47. The van der Waals surface area contributed by atoms with E-state index in [1.54, 1.807) is 12.1 Å². The van der Waals surface area contributed by atoms with Gasteiger partial charge in [0, 0.05) is 24.4 Å². The van der Waals surface area contributed by atoms with Crippen LogP contribution in [0.2, 0.25) is 0 Å². The van der Waals surface area contributed by atoms with Gasteiger partial charge in [-0.2, -0.15) is 4.31 Å². The number of para-hydroxylation sites is 2. The first-order valence-electron chi connectivity index (χ1n) is 9.75. The number of carbonyl (C=O) groups is 1. The Morgan fingerprint density at radius 2 is 1.76 bits per heavy atom. The van der Waals surface area contributed by atoms with Gasteiger partial charge in [-0.25, -0.2) is 8.42 Å². The minimum Gasteiger partial charge on any atom is -0.492 e. The van der Waals surface area contributed by atoms with Crippen LogP contribution in [0.25, 0.3) is 6.08 Å². The van der Waals surface area contributed by atoms with Crippen molar-refractivity contribution in [3.63, 3.8) is 0 Å². The van der Waals surface area contributed by atoms with Gasteiger partial charge in [-0.3, -0.25) is 4.79 Å². The molecule has 2 aromatic carbocycles. The second-order valence-electron chi connectivity index (χ2n) is 6.85. The predicted octanol–water partition coefficient (Wildman–Crippen LogP) is 3.74. The van der Waals surface area contributed by atoms with Crippen LogP contribution in [0.3, 0.4) is 0 Å². The largest absolute Gasteiger partial charge is 0.492 e. The number of nitrogens with zero attached hydrogens (tertiary/aromatic N) is 1. The molecule has 0 atom stereocenters. The normalized spacial score (nSPS) is 16.0. The van der Waals surface area contributed by atoms with Crippen molar-refractivity contribution >= 4 is 27.7 Å². The van der Waals surface area contributed by atoms with E-state index in [0.29, 0.717) is 44.0 Å². The van der Waals surface area contributed by atoms with Gasteiger partial charge in [-0.1, -0.05) is 42.5 Å². The minimum atomic E-state index is -3.50. The highest BCUT2D eigenvalue weighted by atomic mass is 32.2. The molecule has 0 unspecified atom stereocenters. The maximum Gasteiger partial charge on any atom is 0.236 e. The number of sulfonamides is 1. The molecule has 0 radical (unpaired) electrons. The van der Waals surface area contributed by atoms with Gasteiger partial charge in [-0.15, -0.1) is 0 Å². The van der Waals surface area contributed by atoms with E-state index in [0.717, 1.165) is 5.56 Å². The summed E-state index contributed by atoms with van der Waals surface area (Å²) in [7, 11) is -3.50. The van der Waals surface area contributed by atoms with Crippen LogP contribution in [-0.2, 0) is 14.8 Å². The molecule has 29 heavy (non-hydrogen) atoms. The molecule has 0 aliphatic carbocycles. The molecule has 0 bridgehead atoms. The molecule has 1 saturated heterocycles. The van der Waals surface area contributed by atoms with Crippen LogP contribution in [0.4, 0.5) is 5.69 Å². The number of nitrogens with one attached hydrogen (secondary N) is 1. The number of amides is 1. The van der Waals surface area contributed by atoms with Crippen molar-refractivity contribution in [3.8, 4) is 5.75 Å². The molecule has 1 heterocycles. The Morgan fingerprint density at radius 1 is 1.10 bits per heavy atom. The van der Waals surface area contributed by atoms with E-state index in [9.17, 15) is 13.2 Å². The zero-order chi connectivity index (χ0) is 20.7. The van der Waals surface area contributed by atoms with Crippen LogP contribution in [0.1, 0.15) is 25.3 Å². The summed E-state index contributed by atoms with van der Waals surface area (Å²) in [5.74, 6) is 0.303. The highest BCUT2D eigenvalue weighted by molar-refractivity contribution is 7.92. The van der Waals surface area contributed by atoms with Crippen LogP contribution in [0.5, 0.6) is 5.75 Å². The van der Waals surface area contributed by atoms with E-state index in [2.05, 4.69) is 5.32 Å². The molecule has 1 aliphatic rings. The van der Waals surface area contributed by atoms with Gasteiger partial charge in [-0.05, 0) is 43.5 Å². The van der Waals surface area contributed by atoms with E-state index in [-0.39, 0.29) is 11.8 Å². The number of piperidine rings is 1. The summed E-state index contributed by atoms with van der Waals surface area (Å²) in [6, 6.07) is 16.6. The third-order valence-corrected chi connectivity index (χ3v) is 6.43. The molecule has 1 aliphatic heterocycles. The Balaban J connectivity index is 1.57. The predicted molar refractivity (Wildman–Crippen MR) is 115 cm³/mol. The fourth-order valence-electron chi connectivity index (χ4n) is 3.27. The lowest BCUT2D eigenvalue weighted by molar-refractivity contribution is -0.120. The summed E-state index contributed by atoms with van der Waals surface area (Å²) in [6.45, 7) is 3.06. The zero-order valence-electron chi connectivity index (χ0n) is 16.5. The molecule has 7 heteroatoms. The van der Waals surface area contributed by atoms with Crippen molar-refractivity contribution in [1.29, 1.82) is 0 Å². The standard InChI is InChI=1S/C22H26N2O4S/c1-2-28-21-11-7-6-10-20(21)23-22(25)19-12-15-24(16-13-19)29(26,27)17-14-18-8-4-3-5-9-18/h3-11,14,17,19H,2,12-13,15-16H2,1H3,(H,23,25)/b17-14+. The molecule has 3 rings (SSSR count). The van der Waals surface area contributed by atoms with E-state index in [1.807, 2.05) is 55.5 Å². The van der Waals surface area contributed by atoms with Crippen LogP contribution in [-0.4, -0.2) is 38.3 Å². The maximum absolute atomic E-state index is 12.6. The van der Waals surface area contributed by atoms with Crippen LogP contribution < -0.4 is 10.1 Å². The first-order valence-corrected chi connectivity index (χ1v) is 11.3. The summed E-state index contributed by atoms with van der Waals surface area (Å²) in [5, 5.41) is 4.16. The van der Waals surface area contributed by atoms with E-state index < -0.39 is 10.0 Å². The number of hydrogen-bond acceptors (Lipinski definition) is 4. The van der Waals surface area contributed by atoms with Crippen molar-refractivity contribution in [2.75, 3.05) is 25.0 Å². The van der Waals surface area contributed by atoms with Gasteiger partial charge in [0.15, 0.2) is 0 Å². The smallest absolute Gasteiger partial charge is 0.236 e. The molecule has 1 fully saturated rings. The summed E-state index contributed by atoms with van der Waals surface area (Å²) in [6.07, 6.45) is 2.57. The Hall–Kier alpha value is -2.64. The van der Waals surface area contributed by atoms with Crippen molar-refractivity contribution in [1.82, 2.24) is 4.31 Å². The quantitative estimate of drug-likeness (QED) is 0.749. The lowest BCUT2D eigenvalue weighted by Crippen LogP contribution is -2.40. The van der Waals surface area contributed by atoms with Crippen LogP contribution in [0, 0.1) is 5.92 Å². The van der Waals surface area contributed by atoms with E-state index in [4.69, 9.17) is 4.74 Å². The fourth-order valence-corrected chi connectivity index (χ4v) is 4.49. The molecule has 154 valence electrons. The topological polar surface area (TPSA) is 75.7 Å². The second-order valence-corrected chi connectivity index (χ2v) is 8.67. The van der Waals surface area contributed by atoms with Gasteiger partial charge in [0.1, 0.15) is 5.75 Å². The number of carbonyl (C=O) groups excluding carboxylic acids is 1. The maximum atomic E-state index is 12.6. The van der Waals surface area contributed by atoms with E-state index >= 15 is 0 Å². The molecule has 2 aromatic rings. The lowest BCUT2D eigenvalue weighted by Gasteiger charge is -2.29. The summed E-state index contributed by atoms with van der Waals surface area (Å²) < 4.78 is 32.1. The number of anilines is 1. The Kier molecular flexibility index (Phi) is 7.06. The van der Waals surface area contributed by atoms with E-state index in [1.165, 1.54) is 9.71 Å². The Labute approximate surface area is 172 Å². The lowest BCUT2D eigenvalue weighted by atomic mass is 9.97. The fraction of sp³-hybridized carbons (Fsp3) is 0.318. The van der Waals surface area contributed by atoms with Gasteiger partial charge in [0.25, 0.3) is 0 Å². The van der Waals surface area contributed by atoms with Crippen molar-refractivity contribution in [2.24, 2.45) is 5.92 Å².